The van der Waals surface area contributed by atoms with Gasteiger partial charge in [-0.15, -0.1) is 18.3 Å². The second kappa shape index (κ2) is 62.1. The van der Waals surface area contributed by atoms with Crippen LogP contribution in [0.4, 0.5) is 18.9 Å². The Labute approximate surface area is 853 Å². The van der Waals surface area contributed by atoms with Crippen LogP contribution in [0.25, 0.3) is 0 Å². The van der Waals surface area contributed by atoms with Crippen LogP contribution in [-0.4, -0.2) is 84.5 Å². The summed E-state index contributed by atoms with van der Waals surface area (Å²) in [6.45, 7) is 35.4. The summed E-state index contributed by atoms with van der Waals surface area (Å²) in [5, 5.41) is 16.3. The van der Waals surface area contributed by atoms with Gasteiger partial charge in [0.2, 0.25) is 0 Å². The van der Waals surface area contributed by atoms with E-state index in [9.17, 15) is 40.8 Å². The number of thioether (sulfide) groups is 1. The number of nitrogens with zero attached hydrogens (tertiary/aromatic N) is 3. The molecule has 0 saturated carbocycles. The fraction of sp³-hybridized carbons (Fsp3) is 0.231. The number of carbonyl (C=O) groups excluding carboxylic acids is 4. The maximum atomic E-state index is 12.5. The van der Waals surface area contributed by atoms with Crippen LogP contribution >= 0.6 is 23.4 Å². The predicted octanol–water partition coefficient (Wildman–Crippen LogP) is 28.7. The fourth-order valence-corrected chi connectivity index (χ4v) is 15.8. The summed E-state index contributed by atoms with van der Waals surface area (Å²) in [5.74, 6) is 2.56. The molecule has 3 N–H and O–H groups in total. The minimum absolute atomic E-state index is 0.0522. The summed E-state index contributed by atoms with van der Waals surface area (Å²) in [6.07, 6.45) is 4.31. The minimum Gasteiger partial charge on any atom is -0.494 e. The first-order valence-electron chi connectivity index (χ1n) is 47.2. The summed E-state index contributed by atoms with van der Waals surface area (Å²) in [4.78, 5) is 49.7. The number of benzene rings is 14. The van der Waals surface area contributed by atoms with E-state index in [1.807, 2.05) is 230 Å². The van der Waals surface area contributed by atoms with Crippen LogP contribution in [0.1, 0.15) is 163 Å². The lowest BCUT2D eigenvalue weighted by atomic mass is 10.1. The second-order valence-corrected chi connectivity index (χ2v) is 37.1. The molecule has 1 aromatic heterocycles. The number of aliphatic hydroxyl groups excluding tert-OH is 1. The number of ether oxygens (including phenoxy) is 4. The third-order valence-corrected chi connectivity index (χ3v) is 24.3. The number of aliphatic hydroxyl groups is 1. The van der Waals surface area contributed by atoms with Gasteiger partial charge in [-0.3, -0.25) is 33.5 Å². The van der Waals surface area contributed by atoms with Crippen molar-refractivity contribution in [2.75, 3.05) is 37.3 Å². The highest BCUT2D eigenvalue weighted by molar-refractivity contribution is 7.99. The number of fused-ring (bicyclic) bond motifs is 1. The van der Waals surface area contributed by atoms with E-state index in [4.69, 9.17) is 30.9 Å². The first-order valence-corrected chi connectivity index (χ1v) is 50.0. The molecule has 0 saturated heterocycles. The van der Waals surface area contributed by atoms with Crippen molar-refractivity contribution in [3.8, 4) is 17.2 Å². The number of amides is 3. The summed E-state index contributed by atoms with van der Waals surface area (Å²) >= 11 is 7.67. The van der Waals surface area contributed by atoms with E-state index in [0.717, 1.165) is 105 Å². The molecule has 2 heterocycles. The van der Waals surface area contributed by atoms with Crippen molar-refractivity contribution < 1.29 is 64.8 Å². The molecular formula is C121H133ClF3N5O11S2. The third kappa shape index (κ3) is 42.9. The van der Waals surface area contributed by atoms with Crippen molar-refractivity contribution in [2.45, 2.75) is 165 Å². The standard InChI is InChI=1S/C16H13NO2.C15H13F3O.C15H16O.C14H15NO2S.C11H12N2.C11H13NO.C11H14O2.C10H14O.C9H11ClO.C9H12S/c1-11-6-2-3-7-12(11)10-17-15(18)13-8-4-5-9-14(13)16(17)19;1-11-5-2-3-6-12(11)10-19-14-8-4-7-13(9-14)15(16,17)18;1-12-6-8-15(9-7-12)16-11-14-5-3-4-13(2)10-14;1-11-7-9-13(10-8-11)18(16,17)15-14-6-4-3-5-12(14)2;1-10-7-12-13(8-10)9-11-5-3-2-4-6-11;1-3-7-12-11(13)10-6-4-5-9(2)8-10;1-9-4-3-5-10(8-9)6-7-11(12)13-2;1-9-4-2-5-10(8-9)6-3-7-11;1-3-11-9-6-8(10)5-4-7(9)2;1-3-10-9-7-5-4-6-8(9)2/h2*2-9H,10H2,1H3;3-10H,11H2,1-2H3;3-10,15H,1-2H3;2-8H,9H2,1H3;3-6,8H,1,7H2,2H3,(H,12,13);3-5,8H,6-7H2,1-2H3;2,4-5,8,11H,3,6-7H2,1H3;4-6H,3H2,1-2H3;4-7H,3H2,1-2H3. The van der Waals surface area contributed by atoms with Gasteiger partial charge in [-0.1, -0.05) is 307 Å². The molecule has 14 aromatic carbocycles. The molecule has 15 aromatic rings. The zero-order valence-electron chi connectivity index (χ0n) is 84.5. The molecule has 0 aliphatic carbocycles. The SMILES string of the molecule is C=CCNC(=O)c1cccc(C)c1.CCOc1cc(Cl)ccc1C.CCSc1ccccc1C.COC(=O)CCc1cccc(C)c1.Cc1ccc(OCc2cccc(C)c2)cc1.Cc1ccc(S(=O)(=O)Nc2ccccc2C)cc1.Cc1cccc(CCCO)c1.Cc1ccccc1CN1C(=O)c2ccccc2C1=O.Cc1ccccc1COc1cccc(C(F)(F)F)c1.Cc1cnn(Cc2ccccc2)c1. The predicted molar refractivity (Wildman–Crippen MR) is 578 cm³/mol. The van der Waals surface area contributed by atoms with E-state index in [1.54, 1.807) is 72.8 Å². The van der Waals surface area contributed by atoms with E-state index >= 15 is 0 Å². The van der Waals surface area contributed by atoms with E-state index in [-0.39, 0.29) is 47.5 Å². The maximum Gasteiger partial charge on any atom is 0.416 e. The molecule has 0 unspecified atom stereocenters. The number of methoxy groups -OCH3 is 1. The molecule has 0 bridgehead atoms. The number of hydrogen-bond donors (Lipinski definition) is 3. The maximum absolute atomic E-state index is 12.5. The van der Waals surface area contributed by atoms with Crippen LogP contribution in [0.5, 0.6) is 17.2 Å². The number of sulfonamides is 1. The number of imide groups is 1. The molecule has 0 spiro atoms. The zero-order valence-corrected chi connectivity index (χ0v) is 86.8. The van der Waals surface area contributed by atoms with Crippen LogP contribution in [0.3, 0.4) is 0 Å². The first-order chi connectivity index (χ1) is 68.6. The van der Waals surface area contributed by atoms with E-state index in [0.29, 0.717) is 55.1 Å². The van der Waals surface area contributed by atoms with Gasteiger partial charge in [0.1, 0.15) is 30.5 Å². The van der Waals surface area contributed by atoms with Crippen molar-refractivity contribution >= 4 is 62.8 Å². The Bertz CT molecular complexity index is 6540. The Hall–Kier alpha value is -14.4. The van der Waals surface area contributed by atoms with Crippen LogP contribution < -0.4 is 24.2 Å². The van der Waals surface area contributed by atoms with Crippen molar-refractivity contribution in [3.63, 3.8) is 0 Å². The van der Waals surface area contributed by atoms with Crippen molar-refractivity contribution in [1.29, 1.82) is 0 Å². The Morgan fingerprint density at radius 2 is 0.993 bits per heavy atom. The number of nitrogens with one attached hydrogen (secondary N) is 2. The molecule has 143 heavy (non-hydrogen) atoms. The van der Waals surface area contributed by atoms with E-state index in [2.05, 4.69) is 171 Å². The Balaban J connectivity index is 0.000000217. The van der Waals surface area contributed by atoms with Crippen molar-refractivity contribution in [3.05, 3.63) is 492 Å². The van der Waals surface area contributed by atoms with Crippen LogP contribution in [-0.2, 0) is 64.9 Å². The smallest absolute Gasteiger partial charge is 0.416 e. The molecule has 16 rings (SSSR count). The number of carbonyl (C=O) groups is 4. The van der Waals surface area contributed by atoms with E-state index in [1.165, 1.54) is 84.7 Å². The highest BCUT2D eigenvalue weighted by atomic mass is 35.5. The van der Waals surface area contributed by atoms with E-state index < -0.39 is 21.8 Å². The highest BCUT2D eigenvalue weighted by Crippen LogP contribution is 2.33. The number of hydrogen-bond acceptors (Lipinski definition) is 13. The Morgan fingerprint density at radius 3 is 1.53 bits per heavy atom. The van der Waals surface area contributed by atoms with Crippen molar-refractivity contribution in [1.82, 2.24) is 20.0 Å². The van der Waals surface area contributed by atoms with Gasteiger partial charge >= 0.3 is 12.1 Å². The van der Waals surface area contributed by atoms with Gasteiger partial charge in [0.25, 0.3) is 27.7 Å². The monoisotopic (exact) mass is 1990 g/mol. The highest BCUT2D eigenvalue weighted by Gasteiger charge is 2.35. The summed E-state index contributed by atoms with van der Waals surface area (Å²) in [6, 6.07) is 106. The Morgan fingerprint density at radius 1 is 0.483 bits per heavy atom. The van der Waals surface area contributed by atoms with Gasteiger partial charge in [0.15, 0.2) is 0 Å². The average Bonchev–Trinajstić information content (AvgIpc) is 1.63. The van der Waals surface area contributed by atoms with Crippen molar-refractivity contribution in [2.24, 2.45) is 0 Å². The molecule has 0 fully saturated rings. The second-order valence-electron chi connectivity index (χ2n) is 33.7. The number of halogens is 4. The zero-order chi connectivity index (χ0) is 104. The van der Waals surface area contributed by atoms with Gasteiger partial charge in [0.05, 0.1) is 60.3 Å². The van der Waals surface area contributed by atoms with Crippen LogP contribution in [0, 0.1) is 83.1 Å². The quantitative estimate of drug-likeness (QED) is 0.0200. The molecule has 1 aliphatic heterocycles. The number of aryl methyl sites for hydroxylation is 14. The third-order valence-electron chi connectivity index (χ3n) is 21.6. The number of anilines is 1. The minimum atomic E-state index is -4.35. The molecule has 22 heteroatoms. The normalized spacial score (nSPS) is 10.8. The van der Waals surface area contributed by atoms with Gasteiger partial charge < -0.3 is 29.4 Å². The number of esters is 1. The lowest BCUT2D eigenvalue weighted by molar-refractivity contribution is -0.140. The lowest BCUT2D eigenvalue weighted by Crippen LogP contribution is -2.29. The summed E-state index contributed by atoms with van der Waals surface area (Å²) < 4.78 is 87.5. The van der Waals surface area contributed by atoms with Gasteiger partial charge in [0, 0.05) is 41.3 Å². The molecule has 1 aliphatic rings. The van der Waals surface area contributed by atoms with Crippen LogP contribution in [0.2, 0.25) is 5.02 Å². The van der Waals surface area contributed by atoms with Gasteiger partial charge in [-0.25, -0.2) is 8.42 Å². The number of alkyl halides is 3. The molecule has 748 valence electrons. The number of para-hydroxylation sites is 1. The van der Waals surface area contributed by atoms with Gasteiger partial charge in [-0.05, 0) is 273 Å². The lowest BCUT2D eigenvalue weighted by Gasteiger charge is -2.15. The topological polar surface area (TPSA) is 205 Å². The van der Waals surface area contributed by atoms with Crippen LogP contribution in [0.15, 0.2) is 375 Å². The molecule has 16 nitrogen and oxygen atoms in total. The van der Waals surface area contributed by atoms with Gasteiger partial charge in [-0.2, -0.15) is 18.3 Å². The fourth-order valence-electron chi connectivity index (χ4n) is 13.8. The Kier molecular flexibility index (Phi) is 50.2. The first kappa shape index (κ1) is 116. The number of aromatic nitrogens is 2. The molecular weight excluding hydrogens is 1860 g/mol. The molecule has 0 radical (unpaired) electrons. The largest absolute Gasteiger partial charge is 0.494 e. The molecule has 0 atom stereocenters. The summed E-state index contributed by atoms with van der Waals surface area (Å²) in [7, 11) is -2.09. The summed E-state index contributed by atoms with van der Waals surface area (Å²) in [5.41, 5.74) is 22.5. The molecule has 3 amide bonds. The average molecular weight is 1990 g/mol. The number of rotatable bonds is 26.